The van der Waals surface area contributed by atoms with Crippen molar-refractivity contribution in [3.63, 3.8) is 0 Å². The average Bonchev–Trinajstić information content (AvgIpc) is 2.99. The van der Waals surface area contributed by atoms with Crippen LogP contribution in [-0.4, -0.2) is 36.9 Å². The second-order valence-corrected chi connectivity index (χ2v) is 6.32. The zero-order valence-corrected chi connectivity index (χ0v) is 12.9. The molecule has 2 fully saturated rings. The highest BCUT2D eigenvalue weighted by molar-refractivity contribution is 5.93. The van der Waals surface area contributed by atoms with Crippen molar-refractivity contribution in [3.05, 3.63) is 6.42 Å². The van der Waals surface area contributed by atoms with Gasteiger partial charge >= 0.3 is 0 Å². The summed E-state index contributed by atoms with van der Waals surface area (Å²) in [4.78, 5) is 34.9. The van der Waals surface area contributed by atoms with Gasteiger partial charge in [0.15, 0.2) is 5.78 Å². The van der Waals surface area contributed by atoms with Gasteiger partial charge in [-0.2, -0.15) is 0 Å². The van der Waals surface area contributed by atoms with E-state index in [2.05, 4.69) is 5.32 Å². The molecule has 2 amide bonds. The zero-order valence-electron chi connectivity index (χ0n) is 12.9. The molecule has 0 aromatic heterocycles. The van der Waals surface area contributed by atoms with E-state index >= 15 is 0 Å². The molecule has 3 N–H and O–H groups in total. The Hall–Kier alpha value is -1.43. The summed E-state index contributed by atoms with van der Waals surface area (Å²) >= 11 is 0. The Morgan fingerprint density at radius 2 is 2.05 bits per heavy atom. The van der Waals surface area contributed by atoms with Crippen molar-refractivity contribution in [2.75, 3.05) is 13.2 Å². The van der Waals surface area contributed by atoms with E-state index in [1.807, 2.05) is 0 Å². The first-order chi connectivity index (χ1) is 10.6. The summed E-state index contributed by atoms with van der Waals surface area (Å²) < 4.78 is 5.22. The molecular formula is C16H25N2O4. The Kier molecular flexibility index (Phi) is 6.36. The molecule has 2 atom stereocenters. The first-order valence-electron chi connectivity index (χ1n) is 8.08. The molecule has 6 heteroatoms. The third-order valence-corrected chi connectivity index (χ3v) is 4.57. The van der Waals surface area contributed by atoms with Gasteiger partial charge in [0, 0.05) is 18.8 Å². The Labute approximate surface area is 131 Å². The van der Waals surface area contributed by atoms with Crippen molar-refractivity contribution in [2.24, 2.45) is 17.6 Å². The smallest absolute Gasteiger partial charge is 0.224 e. The van der Waals surface area contributed by atoms with Gasteiger partial charge in [-0.25, -0.2) is 0 Å². The number of carbonyl (C=O) groups excluding carboxylic acids is 3. The van der Waals surface area contributed by atoms with E-state index in [0.717, 1.165) is 6.42 Å². The van der Waals surface area contributed by atoms with Crippen LogP contribution < -0.4 is 11.1 Å². The molecular weight excluding hydrogens is 284 g/mol. The molecule has 2 unspecified atom stereocenters. The topological polar surface area (TPSA) is 98.5 Å². The van der Waals surface area contributed by atoms with Crippen molar-refractivity contribution in [1.29, 1.82) is 0 Å². The zero-order chi connectivity index (χ0) is 15.9. The molecule has 2 aliphatic rings. The van der Waals surface area contributed by atoms with Crippen molar-refractivity contribution >= 4 is 17.6 Å². The number of carbonyl (C=O) groups is 3. The Bertz CT molecular complexity index is 418. The van der Waals surface area contributed by atoms with E-state index in [1.54, 1.807) is 6.42 Å². The normalized spacial score (nSPS) is 26.1. The van der Waals surface area contributed by atoms with Crippen LogP contribution in [0.3, 0.4) is 0 Å². The van der Waals surface area contributed by atoms with E-state index in [-0.39, 0.29) is 30.6 Å². The maximum Gasteiger partial charge on any atom is 0.224 e. The standard InChI is InChI=1S/C16H25N2O4/c17-14(20)7-6-12-9-22-10-13(19)16(12)18-15(21)8-5-11-3-1-2-4-11/h8,11-12,16H,1-7,9-10H2,(H2,17,20)(H,18,21). The van der Waals surface area contributed by atoms with Crippen molar-refractivity contribution < 1.29 is 19.1 Å². The summed E-state index contributed by atoms with van der Waals surface area (Å²) in [7, 11) is 0. The molecule has 0 bridgehead atoms. The first kappa shape index (κ1) is 16.9. The van der Waals surface area contributed by atoms with E-state index in [4.69, 9.17) is 10.5 Å². The maximum absolute atomic E-state index is 12.0. The molecule has 6 nitrogen and oxygen atoms in total. The molecule has 123 valence electrons. The third kappa shape index (κ3) is 5.09. The molecule has 22 heavy (non-hydrogen) atoms. The second kappa shape index (κ2) is 8.27. The van der Waals surface area contributed by atoms with Gasteiger partial charge in [-0.15, -0.1) is 0 Å². The molecule has 1 saturated carbocycles. The lowest BCUT2D eigenvalue weighted by Crippen LogP contribution is -2.52. The van der Waals surface area contributed by atoms with Crippen LogP contribution >= 0.6 is 0 Å². The number of ketones is 1. The van der Waals surface area contributed by atoms with Gasteiger partial charge in [0.25, 0.3) is 0 Å². The fourth-order valence-electron chi connectivity index (χ4n) is 3.27. The summed E-state index contributed by atoms with van der Waals surface area (Å²) in [5.41, 5.74) is 5.15. The minimum absolute atomic E-state index is 0.0145. The van der Waals surface area contributed by atoms with E-state index in [0.29, 0.717) is 18.9 Å². The van der Waals surface area contributed by atoms with Crippen molar-refractivity contribution in [3.8, 4) is 0 Å². The molecule has 1 radical (unpaired) electrons. The highest BCUT2D eigenvalue weighted by atomic mass is 16.5. The molecule has 0 aromatic rings. The Morgan fingerprint density at radius 3 is 2.73 bits per heavy atom. The van der Waals surface area contributed by atoms with E-state index < -0.39 is 11.9 Å². The van der Waals surface area contributed by atoms with Gasteiger partial charge in [-0.05, 0) is 18.8 Å². The predicted molar refractivity (Wildman–Crippen MR) is 80.6 cm³/mol. The number of ether oxygens (including phenoxy) is 1. The lowest BCUT2D eigenvalue weighted by Gasteiger charge is -2.30. The fraction of sp³-hybridized carbons (Fsp3) is 0.750. The Morgan fingerprint density at radius 1 is 1.32 bits per heavy atom. The SMILES string of the molecule is NC(=O)CCC1COCC(=O)C1NC(=O)[CH]CC1CCCC1. The van der Waals surface area contributed by atoms with Crippen molar-refractivity contribution in [1.82, 2.24) is 5.32 Å². The molecule has 2 rings (SSSR count). The lowest BCUT2D eigenvalue weighted by molar-refractivity contribution is -0.137. The number of rotatable bonds is 7. The summed E-state index contributed by atoms with van der Waals surface area (Å²) in [6.07, 6.45) is 7.93. The van der Waals surface area contributed by atoms with Gasteiger partial charge in [0.1, 0.15) is 6.61 Å². The molecule has 0 spiro atoms. The average molecular weight is 309 g/mol. The molecule has 1 saturated heterocycles. The van der Waals surface area contributed by atoms with Gasteiger partial charge in [-0.1, -0.05) is 25.7 Å². The van der Waals surface area contributed by atoms with Crippen LogP contribution in [-0.2, 0) is 19.1 Å². The Balaban J connectivity index is 1.81. The minimum Gasteiger partial charge on any atom is -0.373 e. The molecule has 1 aliphatic carbocycles. The van der Waals surface area contributed by atoms with Crippen molar-refractivity contribution in [2.45, 2.75) is 51.0 Å². The van der Waals surface area contributed by atoms with Gasteiger partial charge in [-0.3, -0.25) is 14.4 Å². The lowest BCUT2D eigenvalue weighted by atomic mass is 9.90. The van der Waals surface area contributed by atoms with Crippen LogP contribution in [0.5, 0.6) is 0 Å². The summed E-state index contributed by atoms with van der Waals surface area (Å²) in [5, 5.41) is 2.79. The number of Topliss-reactive ketones (excluding diaryl/α,β-unsaturated/α-hetero) is 1. The number of hydrogen-bond acceptors (Lipinski definition) is 4. The number of nitrogens with two attached hydrogens (primary N) is 1. The van der Waals surface area contributed by atoms with Crippen LogP contribution in [0, 0.1) is 18.3 Å². The quantitative estimate of drug-likeness (QED) is 0.724. The molecule has 1 heterocycles. The van der Waals surface area contributed by atoms with E-state index in [1.165, 1.54) is 25.7 Å². The largest absolute Gasteiger partial charge is 0.373 e. The maximum atomic E-state index is 12.0. The fourth-order valence-corrected chi connectivity index (χ4v) is 3.27. The highest BCUT2D eigenvalue weighted by Crippen LogP contribution is 2.28. The van der Waals surface area contributed by atoms with Crippen LogP contribution in [0.4, 0.5) is 0 Å². The molecule has 1 aliphatic heterocycles. The number of primary amides is 1. The second-order valence-electron chi connectivity index (χ2n) is 6.32. The number of hydrogen-bond donors (Lipinski definition) is 2. The first-order valence-corrected chi connectivity index (χ1v) is 8.08. The number of amides is 2. The van der Waals surface area contributed by atoms with Crippen LogP contribution in [0.2, 0.25) is 0 Å². The predicted octanol–water partition coefficient (Wildman–Crippen LogP) is 0.737. The summed E-state index contributed by atoms with van der Waals surface area (Å²) in [6.45, 7) is 0.382. The van der Waals surface area contributed by atoms with Gasteiger partial charge < -0.3 is 15.8 Å². The van der Waals surface area contributed by atoms with Gasteiger partial charge in [0.05, 0.1) is 12.6 Å². The number of nitrogens with one attached hydrogen (secondary N) is 1. The minimum atomic E-state index is -0.569. The monoisotopic (exact) mass is 309 g/mol. The van der Waals surface area contributed by atoms with Crippen LogP contribution in [0.15, 0.2) is 0 Å². The van der Waals surface area contributed by atoms with Gasteiger partial charge in [0.2, 0.25) is 11.8 Å². The summed E-state index contributed by atoms with van der Waals surface area (Å²) in [5.74, 6) is -0.324. The summed E-state index contributed by atoms with van der Waals surface area (Å²) in [6, 6.07) is -0.569. The third-order valence-electron chi connectivity index (χ3n) is 4.57. The van der Waals surface area contributed by atoms with E-state index in [9.17, 15) is 14.4 Å². The highest BCUT2D eigenvalue weighted by Gasteiger charge is 2.33. The van der Waals surface area contributed by atoms with Crippen LogP contribution in [0.25, 0.3) is 0 Å². The molecule has 0 aromatic carbocycles. The van der Waals surface area contributed by atoms with Crippen LogP contribution in [0.1, 0.15) is 44.9 Å².